The zero-order valence-electron chi connectivity index (χ0n) is 14.9. The average Bonchev–Trinajstić information content (AvgIpc) is 2.61. The number of halogens is 3. The molecule has 0 atom stereocenters. The van der Waals surface area contributed by atoms with Crippen LogP contribution in [-0.2, 0) is 6.54 Å². The number of pyridine rings is 1. The molecule has 1 saturated heterocycles. The lowest BCUT2D eigenvalue weighted by Gasteiger charge is -2.35. The first-order valence-corrected chi connectivity index (χ1v) is 9.41. The summed E-state index contributed by atoms with van der Waals surface area (Å²) in [5.74, 6) is -0.398. The van der Waals surface area contributed by atoms with E-state index in [1.807, 2.05) is 19.1 Å². The molecule has 0 N–H and O–H groups in total. The van der Waals surface area contributed by atoms with E-state index in [2.05, 4.69) is 22.0 Å². The van der Waals surface area contributed by atoms with E-state index in [1.54, 1.807) is 4.90 Å². The van der Waals surface area contributed by atoms with E-state index in [0.29, 0.717) is 26.2 Å². The number of hydrogen-bond donors (Lipinski definition) is 0. The second-order valence-electron chi connectivity index (χ2n) is 6.46. The zero-order chi connectivity index (χ0) is 19.4. The predicted molar refractivity (Wildman–Crippen MR) is 98.5 cm³/mol. The van der Waals surface area contributed by atoms with E-state index in [1.165, 1.54) is 29.5 Å². The first-order chi connectivity index (χ1) is 12.8. The minimum Gasteiger partial charge on any atom is -0.336 e. The van der Waals surface area contributed by atoms with Crippen LogP contribution in [0.2, 0.25) is 0 Å². The van der Waals surface area contributed by atoms with Gasteiger partial charge in [-0.15, -0.1) is 0 Å². The van der Waals surface area contributed by atoms with Crippen molar-refractivity contribution in [2.45, 2.75) is 24.0 Å². The third-order valence-corrected chi connectivity index (χ3v) is 5.11. The van der Waals surface area contributed by atoms with Crippen LogP contribution in [0.3, 0.4) is 0 Å². The third-order valence-electron chi connectivity index (χ3n) is 4.36. The molecule has 1 aromatic heterocycles. The molecule has 2 heterocycles. The molecular formula is C19H20F3N3OS. The Hall–Kier alpha value is -2.06. The maximum Gasteiger partial charge on any atom is 0.447 e. The topological polar surface area (TPSA) is 36.4 Å². The molecule has 1 aromatic carbocycles. The predicted octanol–water partition coefficient (Wildman–Crippen LogP) is 3.96. The average molecular weight is 395 g/mol. The molecule has 0 radical (unpaired) electrons. The monoisotopic (exact) mass is 395 g/mol. The third kappa shape index (κ3) is 5.46. The second-order valence-corrected chi connectivity index (χ2v) is 7.52. The Bertz CT molecular complexity index is 805. The summed E-state index contributed by atoms with van der Waals surface area (Å²) in [6.45, 7) is 5.17. The molecular weight excluding hydrogens is 375 g/mol. The lowest BCUT2D eigenvalue weighted by atomic mass is 10.1. The van der Waals surface area contributed by atoms with Crippen LogP contribution in [-0.4, -0.2) is 52.4 Å². The highest BCUT2D eigenvalue weighted by Gasteiger charge is 2.33. The molecule has 0 unspecified atom stereocenters. The highest BCUT2D eigenvalue weighted by atomic mass is 32.2. The van der Waals surface area contributed by atoms with Gasteiger partial charge in [-0.2, -0.15) is 13.2 Å². The molecule has 0 aliphatic carbocycles. The van der Waals surface area contributed by atoms with Crippen LogP contribution in [0, 0.1) is 6.92 Å². The fourth-order valence-corrected chi connectivity index (χ4v) is 3.69. The van der Waals surface area contributed by atoms with Crippen LogP contribution in [0.15, 0.2) is 47.6 Å². The number of carbonyl (C=O) groups excluding carboxylic acids is 1. The number of amides is 1. The van der Waals surface area contributed by atoms with Crippen molar-refractivity contribution in [1.82, 2.24) is 14.8 Å². The maximum atomic E-state index is 12.7. The number of thioether (sulfide) groups is 1. The Balaban J connectivity index is 1.62. The molecule has 1 fully saturated rings. The second kappa shape index (κ2) is 8.31. The van der Waals surface area contributed by atoms with Crippen molar-refractivity contribution in [1.29, 1.82) is 0 Å². The summed E-state index contributed by atoms with van der Waals surface area (Å²) in [7, 11) is 0. The maximum absolute atomic E-state index is 12.7. The Morgan fingerprint density at radius 3 is 2.56 bits per heavy atom. The summed E-state index contributed by atoms with van der Waals surface area (Å²) >= 11 is -0.346. The fourth-order valence-electron chi connectivity index (χ4n) is 3.09. The highest BCUT2D eigenvalue weighted by Crippen LogP contribution is 2.37. The molecule has 3 rings (SSSR count). The normalized spacial score (nSPS) is 15.8. The van der Waals surface area contributed by atoms with Crippen molar-refractivity contribution in [3.8, 4) is 0 Å². The van der Waals surface area contributed by atoms with Crippen LogP contribution in [0.25, 0.3) is 0 Å². The van der Waals surface area contributed by atoms with E-state index in [0.717, 1.165) is 6.54 Å². The summed E-state index contributed by atoms with van der Waals surface area (Å²) in [6, 6.07) is 11.2. The van der Waals surface area contributed by atoms with Gasteiger partial charge in [-0.25, -0.2) is 4.98 Å². The molecule has 2 aromatic rings. The van der Waals surface area contributed by atoms with Crippen LogP contribution in [0.5, 0.6) is 0 Å². The minimum absolute atomic E-state index is 0.00644. The summed E-state index contributed by atoms with van der Waals surface area (Å²) in [5.41, 5.74) is -2.05. The van der Waals surface area contributed by atoms with Gasteiger partial charge in [-0.1, -0.05) is 29.8 Å². The van der Waals surface area contributed by atoms with Gasteiger partial charge in [0, 0.05) is 50.7 Å². The molecule has 27 heavy (non-hydrogen) atoms. The van der Waals surface area contributed by atoms with Gasteiger partial charge in [0.05, 0.1) is 5.56 Å². The molecule has 1 aliphatic rings. The van der Waals surface area contributed by atoms with Gasteiger partial charge >= 0.3 is 5.51 Å². The molecule has 8 heteroatoms. The first kappa shape index (κ1) is 19.7. The van der Waals surface area contributed by atoms with Crippen molar-refractivity contribution in [2.24, 2.45) is 0 Å². The quantitative estimate of drug-likeness (QED) is 0.735. The van der Waals surface area contributed by atoms with Gasteiger partial charge in [0.25, 0.3) is 5.91 Å². The number of aryl methyl sites for hydroxylation is 1. The molecule has 0 spiro atoms. The Morgan fingerprint density at radius 2 is 1.89 bits per heavy atom. The number of rotatable bonds is 4. The lowest BCUT2D eigenvalue weighted by Crippen LogP contribution is -2.48. The molecule has 144 valence electrons. The summed E-state index contributed by atoms with van der Waals surface area (Å²) in [4.78, 5) is 20.3. The summed E-state index contributed by atoms with van der Waals surface area (Å²) < 4.78 is 38.1. The van der Waals surface area contributed by atoms with Gasteiger partial charge in [0.2, 0.25) is 0 Å². The lowest BCUT2D eigenvalue weighted by molar-refractivity contribution is -0.0329. The Kier molecular flexibility index (Phi) is 6.06. The van der Waals surface area contributed by atoms with E-state index < -0.39 is 11.4 Å². The van der Waals surface area contributed by atoms with E-state index in [9.17, 15) is 18.0 Å². The standard InChI is InChI=1S/C19H20F3N3OS/c1-14-4-2-5-15(12-14)13-24-8-10-25(11-9-24)18(26)16-6-3-7-23-17(16)27-19(20,21)22/h2-7,12H,8-11,13H2,1H3. The van der Waals surface area contributed by atoms with Crippen LogP contribution >= 0.6 is 11.8 Å². The van der Waals surface area contributed by atoms with Gasteiger partial charge in [0.1, 0.15) is 5.03 Å². The number of piperazine rings is 1. The van der Waals surface area contributed by atoms with Crippen molar-refractivity contribution in [3.05, 3.63) is 59.3 Å². The molecule has 1 amide bonds. The molecule has 0 saturated carbocycles. The number of hydrogen-bond acceptors (Lipinski definition) is 4. The minimum atomic E-state index is -4.48. The van der Waals surface area contributed by atoms with Crippen LogP contribution < -0.4 is 0 Å². The van der Waals surface area contributed by atoms with Gasteiger partial charge in [0.15, 0.2) is 0 Å². The largest absolute Gasteiger partial charge is 0.447 e. The fraction of sp³-hybridized carbons (Fsp3) is 0.368. The molecule has 4 nitrogen and oxygen atoms in total. The first-order valence-electron chi connectivity index (χ1n) is 8.60. The van der Waals surface area contributed by atoms with Gasteiger partial charge < -0.3 is 4.90 Å². The van der Waals surface area contributed by atoms with E-state index in [4.69, 9.17) is 0 Å². The Labute approximate surface area is 160 Å². The molecule has 0 bridgehead atoms. The number of benzene rings is 1. The smallest absolute Gasteiger partial charge is 0.336 e. The number of carbonyl (C=O) groups is 1. The zero-order valence-corrected chi connectivity index (χ0v) is 15.7. The summed E-state index contributed by atoms with van der Waals surface area (Å²) in [6.07, 6.45) is 1.27. The highest BCUT2D eigenvalue weighted by molar-refractivity contribution is 8.00. The molecule has 1 aliphatic heterocycles. The van der Waals surface area contributed by atoms with Crippen molar-refractivity contribution >= 4 is 17.7 Å². The van der Waals surface area contributed by atoms with Gasteiger partial charge in [-0.3, -0.25) is 9.69 Å². The number of aromatic nitrogens is 1. The van der Waals surface area contributed by atoms with E-state index in [-0.39, 0.29) is 22.4 Å². The van der Waals surface area contributed by atoms with Crippen LogP contribution in [0.4, 0.5) is 13.2 Å². The Morgan fingerprint density at radius 1 is 1.15 bits per heavy atom. The number of nitrogens with zero attached hydrogens (tertiary/aromatic N) is 3. The van der Waals surface area contributed by atoms with Crippen molar-refractivity contribution in [3.63, 3.8) is 0 Å². The number of alkyl halides is 3. The van der Waals surface area contributed by atoms with E-state index >= 15 is 0 Å². The SMILES string of the molecule is Cc1cccc(CN2CCN(C(=O)c3cccnc3SC(F)(F)F)CC2)c1. The van der Waals surface area contributed by atoms with Gasteiger partial charge in [-0.05, 0) is 24.6 Å². The van der Waals surface area contributed by atoms with Crippen molar-refractivity contribution < 1.29 is 18.0 Å². The summed E-state index contributed by atoms with van der Waals surface area (Å²) in [5, 5.41) is -0.294. The van der Waals surface area contributed by atoms with Crippen LogP contribution in [0.1, 0.15) is 21.5 Å². The van der Waals surface area contributed by atoms with Crippen molar-refractivity contribution in [2.75, 3.05) is 26.2 Å².